The minimum Gasteiger partial charge on any atom is -0.387 e. The summed E-state index contributed by atoms with van der Waals surface area (Å²) in [4.78, 5) is 15.0. The molecule has 0 N–H and O–H groups in total. The van der Waals surface area contributed by atoms with Crippen molar-refractivity contribution >= 4 is 23.1 Å². The standard InChI is InChI=1S/C21H29ClN4O/c1-4-26(21-10-5-6-11-23-21)13-12-25(3)16(2)19-15-20(27-24-19)17-8-7-9-18(22)14-17/h5,7-10,14,16,20H,4,6,11-13,15H2,1-3H3. The van der Waals surface area contributed by atoms with Crippen molar-refractivity contribution < 1.29 is 4.84 Å². The van der Waals surface area contributed by atoms with Gasteiger partial charge < -0.3 is 9.74 Å². The molecule has 0 saturated heterocycles. The van der Waals surface area contributed by atoms with Gasteiger partial charge in [-0.15, -0.1) is 0 Å². The summed E-state index contributed by atoms with van der Waals surface area (Å²) in [7, 11) is 2.15. The van der Waals surface area contributed by atoms with Gasteiger partial charge in [0.05, 0.1) is 5.71 Å². The Morgan fingerprint density at radius 2 is 2.19 bits per heavy atom. The van der Waals surface area contributed by atoms with Crippen LogP contribution in [0.1, 0.15) is 38.4 Å². The average molecular weight is 389 g/mol. The van der Waals surface area contributed by atoms with Crippen LogP contribution in [0.4, 0.5) is 0 Å². The second kappa shape index (κ2) is 9.38. The van der Waals surface area contributed by atoms with E-state index in [2.05, 4.69) is 53.0 Å². The fourth-order valence-corrected chi connectivity index (χ4v) is 3.59. The summed E-state index contributed by atoms with van der Waals surface area (Å²) in [6.45, 7) is 8.13. The Kier molecular flexibility index (Phi) is 6.91. The van der Waals surface area contributed by atoms with Gasteiger partial charge in [-0.2, -0.15) is 0 Å². The van der Waals surface area contributed by atoms with Crippen molar-refractivity contribution in [1.82, 2.24) is 9.80 Å². The molecule has 0 bridgehead atoms. The number of halogens is 1. The van der Waals surface area contributed by atoms with Gasteiger partial charge in [-0.05, 0) is 51.1 Å². The van der Waals surface area contributed by atoms with Gasteiger partial charge in [0.25, 0.3) is 0 Å². The molecule has 5 nitrogen and oxygen atoms in total. The highest BCUT2D eigenvalue weighted by atomic mass is 35.5. The Morgan fingerprint density at radius 3 is 2.89 bits per heavy atom. The molecule has 0 aromatic heterocycles. The van der Waals surface area contributed by atoms with Crippen LogP contribution in [0.25, 0.3) is 0 Å². The number of amidine groups is 1. The molecular formula is C21H29ClN4O. The van der Waals surface area contributed by atoms with Gasteiger partial charge >= 0.3 is 0 Å². The molecule has 2 unspecified atom stereocenters. The monoisotopic (exact) mass is 388 g/mol. The van der Waals surface area contributed by atoms with Gasteiger partial charge in [0.1, 0.15) is 5.84 Å². The number of benzene rings is 1. The first-order valence-electron chi connectivity index (χ1n) is 9.72. The number of rotatable bonds is 7. The zero-order chi connectivity index (χ0) is 19.2. The van der Waals surface area contributed by atoms with E-state index < -0.39 is 0 Å². The first-order valence-corrected chi connectivity index (χ1v) is 10.1. The number of aliphatic imine (C=N–C) groups is 1. The van der Waals surface area contributed by atoms with Gasteiger partial charge in [-0.25, -0.2) is 0 Å². The molecule has 2 aliphatic rings. The molecule has 0 amide bonds. The third-order valence-corrected chi connectivity index (χ3v) is 5.56. The maximum atomic E-state index is 6.10. The fourth-order valence-electron chi connectivity index (χ4n) is 3.39. The zero-order valence-electron chi connectivity index (χ0n) is 16.4. The Balaban J connectivity index is 1.52. The van der Waals surface area contributed by atoms with Crippen LogP contribution < -0.4 is 0 Å². The van der Waals surface area contributed by atoms with Crippen LogP contribution in [0.3, 0.4) is 0 Å². The molecule has 146 valence electrons. The Bertz CT molecular complexity index is 731. The molecule has 2 atom stereocenters. The van der Waals surface area contributed by atoms with Crippen LogP contribution in [0, 0.1) is 0 Å². The molecule has 2 aliphatic heterocycles. The number of nitrogens with zero attached hydrogens (tertiary/aromatic N) is 4. The molecule has 1 aromatic rings. The summed E-state index contributed by atoms with van der Waals surface area (Å²) in [6, 6.07) is 8.06. The highest BCUT2D eigenvalue weighted by molar-refractivity contribution is 6.30. The first kappa shape index (κ1) is 19.9. The predicted octanol–water partition coefficient (Wildman–Crippen LogP) is 4.16. The number of oxime groups is 1. The van der Waals surface area contributed by atoms with Crippen LogP contribution in [0.5, 0.6) is 0 Å². The summed E-state index contributed by atoms with van der Waals surface area (Å²) < 4.78 is 0. The topological polar surface area (TPSA) is 40.4 Å². The van der Waals surface area contributed by atoms with E-state index >= 15 is 0 Å². The molecule has 0 aliphatic carbocycles. The molecule has 0 radical (unpaired) electrons. The first-order chi connectivity index (χ1) is 13.1. The van der Waals surface area contributed by atoms with Crippen LogP contribution in [-0.2, 0) is 4.84 Å². The van der Waals surface area contributed by atoms with Gasteiger partial charge in [0.15, 0.2) is 6.10 Å². The van der Waals surface area contributed by atoms with Crippen molar-refractivity contribution in [2.75, 3.05) is 33.2 Å². The van der Waals surface area contributed by atoms with Crippen LogP contribution >= 0.6 is 11.6 Å². The third-order valence-electron chi connectivity index (χ3n) is 5.32. The van der Waals surface area contributed by atoms with Gasteiger partial charge in [0.2, 0.25) is 0 Å². The molecule has 27 heavy (non-hydrogen) atoms. The number of likely N-dealkylation sites (N-methyl/N-ethyl adjacent to an activating group) is 2. The van der Waals surface area contributed by atoms with Gasteiger partial charge in [-0.3, -0.25) is 9.89 Å². The average Bonchev–Trinajstić information content (AvgIpc) is 3.19. The van der Waals surface area contributed by atoms with Gasteiger partial charge in [0, 0.05) is 43.7 Å². The van der Waals surface area contributed by atoms with E-state index in [1.165, 1.54) is 0 Å². The van der Waals surface area contributed by atoms with Crippen molar-refractivity contribution in [1.29, 1.82) is 0 Å². The van der Waals surface area contributed by atoms with E-state index in [0.717, 1.165) is 61.2 Å². The Morgan fingerprint density at radius 1 is 1.33 bits per heavy atom. The summed E-state index contributed by atoms with van der Waals surface area (Å²) in [5, 5.41) is 5.10. The lowest BCUT2D eigenvalue weighted by molar-refractivity contribution is 0.0856. The van der Waals surface area contributed by atoms with E-state index in [9.17, 15) is 0 Å². The third kappa shape index (κ3) is 5.11. The highest BCUT2D eigenvalue weighted by Gasteiger charge is 2.28. The lowest BCUT2D eigenvalue weighted by Crippen LogP contribution is -2.42. The van der Waals surface area contributed by atoms with Crippen molar-refractivity contribution in [3.63, 3.8) is 0 Å². The minimum absolute atomic E-state index is 0.0385. The fraction of sp³-hybridized carbons (Fsp3) is 0.524. The van der Waals surface area contributed by atoms with Crippen molar-refractivity contribution in [2.45, 2.75) is 38.8 Å². The van der Waals surface area contributed by atoms with Crippen LogP contribution in [0.2, 0.25) is 5.02 Å². The van der Waals surface area contributed by atoms with E-state index in [0.29, 0.717) is 0 Å². The lowest BCUT2D eigenvalue weighted by atomic mass is 10.0. The summed E-state index contributed by atoms with van der Waals surface area (Å²) >= 11 is 6.10. The second-order valence-electron chi connectivity index (χ2n) is 7.10. The Hall–Kier alpha value is -1.85. The molecule has 0 spiro atoms. The van der Waals surface area contributed by atoms with E-state index in [4.69, 9.17) is 16.4 Å². The van der Waals surface area contributed by atoms with E-state index in [1.54, 1.807) is 0 Å². The summed E-state index contributed by atoms with van der Waals surface area (Å²) in [5.41, 5.74) is 2.16. The largest absolute Gasteiger partial charge is 0.387 e. The maximum Gasteiger partial charge on any atom is 0.158 e. The molecule has 3 rings (SSSR count). The minimum atomic E-state index is -0.0385. The summed E-state index contributed by atoms with van der Waals surface area (Å²) in [5.74, 6) is 1.10. The second-order valence-corrected chi connectivity index (χ2v) is 7.54. The molecule has 0 fully saturated rings. The normalized spacial score (nSPS) is 20.3. The van der Waals surface area contributed by atoms with E-state index in [1.807, 2.05) is 24.3 Å². The predicted molar refractivity (Wildman–Crippen MR) is 113 cm³/mol. The molecule has 0 saturated carbocycles. The zero-order valence-corrected chi connectivity index (χ0v) is 17.2. The highest BCUT2D eigenvalue weighted by Crippen LogP contribution is 2.30. The van der Waals surface area contributed by atoms with Crippen molar-refractivity contribution in [2.24, 2.45) is 10.1 Å². The molecule has 6 heteroatoms. The van der Waals surface area contributed by atoms with E-state index in [-0.39, 0.29) is 12.1 Å². The SMILES string of the molecule is CCN(CCN(C)C(C)C1=NOC(c2cccc(Cl)c2)C1)C1=NCCC=C1. The summed E-state index contributed by atoms with van der Waals surface area (Å²) in [6.07, 6.45) is 6.16. The quantitative estimate of drug-likeness (QED) is 0.704. The van der Waals surface area contributed by atoms with Crippen LogP contribution in [-0.4, -0.2) is 60.6 Å². The number of hydrogen-bond acceptors (Lipinski definition) is 5. The van der Waals surface area contributed by atoms with Gasteiger partial charge in [-0.1, -0.05) is 35.0 Å². The lowest BCUT2D eigenvalue weighted by Gasteiger charge is -2.29. The Labute approximate surface area is 167 Å². The molecular weight excluding hydrogens is 360 g/mol. The number of hydrogen-bond donors (Lipinski definition) is 0. The smallest absolute Gasteiger partial charge is 0.158 e. The number of dihydropyridines is 1. The van der Waals surface area contributed by atoms with Crippen molar-refractivity contribution in [3.05, 3.63) is 47.0 Å². The molecule has 1 aromatic carbocycles. The molecule has 2 heterocycles. The van der Waals surface area contributed by atoms with Crippen molar-refractivity contribution in [3.8, 4) is 0 Å². The maximum absolute atomic E-state index is 6.10. The van der Waals surface area contributed by atoms with Crippen LogP contribution in [0.15, 0.2) is 46.6 Å².